The molecule has 0 saturated heterocycles. The molecule has 0 fully saturated rings. The summed E-state index contributed by atoms with van der Waals surface area (Å²) in [5, 5.41) is 2.58. The average molecular weight is 256 g/mol. The molecule has 1 aromatic rings. The largest absolute Gasteiger partial charge is 0.398 e. The van der Waals surface area contributed by atoms with Gasteiger partial charge in [0.1, 0.15) is 5.75 Å². The second-order valence-electron chi connectivity index (χ2n) is 4.09. The highest BCUT2D eigenvalue weighted by Gasteiger charge is 2.13. The summed E-state index contributed by atoms with van der Waals surface area (Å²) in [6.45, 7) is 3.60. The van der Waals surface area contributed by atoms with E-state index in [1.807, 2.05) is 6.92 Å². The van der Waals surface area contributed by atoms with Crippen LogP contribution < -0.4 is 11.1 Å². The molecule has 1 amide bonds. The van der Waals surface area contributed by atoms with Crippen LogP contribution in [-0.2, 0) is 14.6 Å². The number of hydrogen-bond acceptors (Lipinski definition) is 4. The number of carbonyl (C=O) groups is 1. The number of amides is 1. The van der Waals surface area contributed by atoms with Crippen LogP contribution in [0.25, 0.3) is 0 Å². The van der Waals surface area contributed by atoms with Gasteiger partial charge >= 0.3 is 0 Å². The summed E-state index contributed by atoms with van der Waals surface area (Å²) in [5.41, 5.74) is 8.45. The summed E-state index contributed by atoms with van der Waals surface area (Å²) in [7, 11) is -3.32. The normalized spacial score (nSPS) is 11.2. The molecule has 17 heavy (non-hydrogen) atoms. The third-order valence-electron chi connectivity index (χ3n) is 2.37. The Kier molecular flexibility index (Phi) is 3.77. The highest BCUT2D eigenvalue weighted by molar-refractivity contribution is 7.91. The van der Waals surface area contributed by atoms with E-state index in [9.17, 15) is 13.2 Å². The zero-order valence-electron chi connectivity index (χ0n) is 10.1. The van der Waals surface area contributed by atoms with Crippen LogP contribution in [0.2, 0.25) is 0 Å². The van der Waals surface area contributed by atoms with Crippen LogP contribution in [0.1, 0.15) is 11.1 Å². The van der Waals surface area contributed by atoms with Gasteiger partial charge in [-0.3, -0.25) is 4.79 Å². The summed E-state index contributed by atoms with van der Waals surface area (Å²) in [6, 6.07) is 3.52. The quantitative estimate of drug-likeness (QED) is 0.785. The lowest BCUT2D eigenvalue weighted by Gasteiger charge is -2.13. The molecular weight excluding hydrogens is 240 g/mol. The highest BCUT2D eigenvalue weighted by atomic mass is 32.2. The molecule has 0 unspecified atom stereocenters. The predicted molar refractivity (Wildman–Crippen MR) is 68.7 cm³/mol. The standard InChI is InChI=1S/C11H16N2O3S/c1-7-4-5-9(12)8(2)11(7)13-10(14)6-17(3,15)16/h4-5H,6,12H2,1-3H3,(H,13,14). The average Bonchev–Trinajstić information content (AvgIpc) is 2.16. The molecule has 5 nitrogen and oxygen atoms in total. The van der Waals surface area contributed by atoms with Crippen LogP contribution >= 0.6 is 0 Å². The van der Waals surface area contributed by atoms with E-state index in [4.69, 9.17) is 5.73 Å². The van der Waals surface area contributed by atoms with E-state index in [1.165, 1.54) is 0 Å². The summed E-state index contributed by atoms with van der Waals surface area (Å²) in [4.78, 5) is 11.5. The zero-order valence-corrected chi connectivity index (χ0v) is 10.9. The first-order chi connectivity index (χ1) is 7.70. The Morgan fingerprint density at radius 1 is 1.35 bits per heavy atom. The smallest absolute Gasteiger partial charge is 0.239 e. The van der Waals surface area contributed by atoms with Gasteiger partial charge in [0.2, 0.25) is 5.91 Å². The predicted octanol–water partition coefficient (Wildman–Crippen LogP) is 0.869. The van der Waals surface area contributed by atoms with Gasteiger partial charge in [-0.2, -0.15) is 0 Å². The van der Waals surface area contributed by atoms with Crippen molar-refractivity contribution in [3.8, 4) is 0 Å². The maximum atomic E-state index is 11.5. The molecule has 0 aliphatic heterocycles. The van der Waals surface area contributed by atoms with Crippen LogP contribution in [0.15, 0.2) is 12.1 Å². The second kappa shape index (κ2) is 4.75. The lowest BCUT2D eigenvalue weighted by molar-refractivity contribution is -0.113. The van der Waals surface area contributed by atoms with Gasteiger partial charge < -0.3 is 11.1 Å². The molecular formula is C11H16N2O3S. The number of nitrogens with one attached hydrogen (secondary N) is 1. The molecule has 0 aliphatic carbocycles. The summed E-state index contributed by atoms with van der Waals surface area (Å²) in [6.07, 6.45) is 1.02. The number of carbonyl (C=O) groups excluding carboxylic acids is 1. The topological polar surface area (TPSA) is 89.3 Å². The molecule has 94 valence electrons. The van der Waals surface area contributed by atoms with Crippen LogP contribution in [0.3, 0.4) is 0 Å². The summed E-state index contributed by atoms with van der Waals surface area (Å²) >= 11 is 0. The molecule has 0 aliphatic rings. The molecule has 0 bridgehead atoms. The molecule has 0 heterocycles. The lowest BCUT2D eigenvalue weighted by Crippen LogP contribution is -2.23. The maximum Gasteiger partial charge on any atom is 0.239 e. The number of aryl methyl sites for hydroxylation is 1. The monoisotopic (exact) mass is 256 g/mol. The Hall–Kier alpha value is -1.56. The van der Waals surface area contributed by atoms with Crippen molar-refractivity contribution in [2.24, 2.45) is 0 Å². The Balaban J connectivity index is 2.97. The van der Waals surface area contributed by atoms with E-state index in [0.717, 1.165) is 17.4 Å². The van der Waals surface area contributed by atoms with Gasteiger partial charge in [-0.15, -0.1) is 0 Å². The minimum atomic E-state index is -3.32. The van der Waals surface area contributed by atoms with Crippen LogP contribution in [0.5, 0.6) is 0 Å². The molecule has 0 radical (unpaired) electrons. The van der Waals surface area contributed by atoms with E-state index < -0.39 is 21.5 Å². The van der Waals surface area contributed by atoms with Crippen molar-refractivity contribution in [2.45, 2.75) is 13.8 Å². The van der Waals surface area contributed by atoms with E-state index in [2.05, 4.69) is 5.32 Å². The number of benzene rings is 1. The summed E-state index contributed by atoms with van der Waals surface area (Å²) in [5.74, 6) is -1.08. The van der Waals surface area contributed by atoms with Crippen LogP contribution in [0, 0.1) is 13.8 Å². The molecule has 1 aromatic carbocycles. The highest BCUT2D eigenvalue weighted by Crippen LogP contribution is 2.25. The van der Waals surface area contributed by atoms with Crippen molar-refractivity contribution < 1.29 is 13.2 Å². The van der Waals surface area contributed by atoms with Crippen molar-refractivity contribution in [1.82, 2.24) is 0 Å². The Labute approximate surface area is 101 Å². The first kappa shape index (κ1) is 13.5. The molecule has 0 spiro atoms. The van der Waals surface area contributed by atoms with Crippen molar-refractivity contribution >= 4 is 27.1 Å². The van der Waals surface area contributed by atoms with Gasteiger partial charge in [-0.05, 0) is 31.0 Å². The van der Waals surface area contributed by atoms with E-state index in [-0.39, 0.29) is 0 Å². The Morgan fingerprint density at radius 3 is 2.47 bits per heavy atom. The third-order valence-corrected chi connectivity index (χ3v) is 3.16. The Morgan fingerprint density at radius 2 is 1.94 bits per heavy atom. The van der Waals surface area contributed by atoms with Gasteiger partial charge in [-0.25, -0.2) is 8.42 Å². The summed E-state index contributed by atoms with van der Waals surface area (Å²) < 4.78 is 22.0. The zero-order chi connectivity index (χ0) is 13.2. The van der Waals surface area contributed by atoms with E-state index >= 15 is 0 Å². The number of nitrogen functional groups attached to an aromatic ring is 1. The van der Waals surface area contributed by atoms with Gasteiger partial charge in [0.15, 0.2) is 9.84 Å². The molecule has 0 atom stereocenters. The third kappa shape index (κ3) is 3.74. The SMILES string of the molecule is Cc1ccc(N)c(C)c1NC(=O)CS(C)(=O)=O. The first-order valence-corrected chi connectivity index (χ1v) is 7.10. The molecule has 0 saturated carbocycles. The van der Waals surface area contributed by atoms with Crippen LogP contribution in [0.4, 0.5) is 11.4 Å². The van der Waals surface area contributed by atoms with Crippen molar-refractivity contribution in [3.63, 3.8) is 0 Å². The molecule has 3 N–H and O–H groups in total. The fraction of sp³-hybridized carbons (Fsp3) is 0.364. The number of anilines is 2. The maximum absolute atomic E-state index is 11.5. The number of hydrogen-bond donors (Lipinski definition) is 2. The van der Waals surface area contributed by atoms with Crippen molar-refractivity contribution in [2.75, 3.05) is 23.1 Å². The fourth-order valence-electron chi connectivity index (χ4n) is 1.47. The van der Waals surface area contributed by atoms with Gasteiger partial charge in [0.25, 0.3) is 0 Å². The van der Waals surface area contributed by atoms with E-state index in [0.29, 0.717) is 11.4 Å². The number of sulfone groups is 1. The lowest BCUT2D eigenvalue weighted by atomic mass is 10.1. The number of rotatable bonds is 3. The first-order valence-electron chi connectivity index (χ1n) is 5.04. The van der Waals surface area contributed by atoms with Crippen molar-refractivity contribution in [3.05, 3.63) is 23.3 Å². The minimum absolute atomic E-state index is 0.527. The fourth-order valence-corrected chi connectivity index (χ4v) is 2.02. The molecule has 0 aromatic heterocycles. The minimum Gasteiger partial charge on any atom is -0.398 e. The molecule has 1 rings (SSSR count). The molecule has 6 heteroatoms. The van der Waals surface area contributed by atoms with Crippen LogP contribution in [-0.4, -0.2) is 26.3 Å². The van der Waals surface area contributed by atoms with Gasteiger partial charge in [-0.1, -0.05) is 6.07 Å². The van der Waals surface area contributed by atoms with E-state index in [1.54, 1.807) is 19.1 Å². The second-order valence-corrected chi connectivity index (χ2v) is 6.23. The van der Waals surface area contributed by atoms with Crippen molar-refractivity contribution in [1.29, 1.82) is 0 Å². The van der Waals surface area contributed by atoms with Gasteiger partial charge in [0, 0.05) is 17.6 Å². The Bertz CT molecular complexity index is 550. The van der Waals surface area contributed by atoms with Gasteiger partial charge in [0.05, 0.1) is 0 Å². The number of nitrogens with two attached hydrogens (primary N) is 1.